The van der Waals surface area contributed by atoms with Gasteiger partial charge in [0.05, 0.1) is 24.0 Å². The number of halogens is 2. The molecule has 3 aromatic rings. The molecule has 0 aliphatic heterocycles. The molecule has 0 aliphatic carbocycles. The van der Waals surface area contributed by atoms with E-state index < -0.39 is 0 Å². The van der Waals surface area contributed by atoms with E-state index in [4.69, 9.17) is 16.3 Å². The highest BCUT2D eigenvalue weighted by atomic mass is 35.5. The fraction of sp³-hybridized carbons (Fsp3) is 0.200. The highest BCUT2D eigenvalue weighted by Gasteiger charge is 2.11. The summed E-state index contributed by atoms with van der Waals surface area (Å²) in [5.41, 5.74) is 2.46. The fourth-order valence-electron chi connectivity index (χ4n) is 2.27. The molecule has 0 bridgehead atoms. The predicted octanol–water partition coefficient (Wildman–Crippen LogP) is 3.37. The average molecular weight is 306 g/mol. The summed E-state index contributed by atoms with van der Waals surface area (Å²) in [7, 11) is 1.58. The Balaban J connectivity index is 2.06. The number of ether oxygens (including phenoxy) is 1. The van der Waals surface area contributed by atoms with Crippen LogP contribution in [0.1, 0.15) is 11.4 Å². The fourth-order valence-corrected chi connectivity index (χ4v) is 2.48. The second kappa shape index (κ2) is 5.69. The summed E-state index contributed by atoms with van der Waals surface area (Å²) in [5, 5.41) is 0. The molecule has 3 rings (SSSR count). The number of fused-ring (bicyclic) bond motifs is 1. The van der Waals surface area contributed by atoms with Crippen LogP contribution in [0.2, 0.25) is 0 Å². The number of pyridine rings is 1. The van der Waals surface area contributed by atoms with Gasteiger partial charge in [0.25, 0.3) is 0 Å². The molecule has 2 aromatic heterocycles. The van der Waals surface area contributed by atoms with E-state index in [1.165, 1.54) is 12.1 Å². The Morgan fingerprint density at radius 1 is 1.29 bits per heavy atom. The third-order valence-electron chi connectivity index (χ3n) is 3.26. The lowest BCUT2D eigenvalue weighted by atomic mass is 10.2. The maximum absolute atomic E-state index is 13.3. The summed E-state index contributed by atoms with van der Waals surface area (Å²) >= 11 is 5.95. The first-order chi connectivity index (χ1) is 10.2. The Morgan fingerprint density at radius 2 is 2.14 bits per heavy atom. The summed E-state index contributed by atoms with van der Waals surface area (Å²) in [4.78, 5) is 8.46. The summed E-state index contributed by atoms with van der Waals surface area (Å²) in [6.07, 6.45) is 1.69. The molecule has 0 radical (unpaired) electrons. The van der Waals surface area contributed by atoms with Crippen molar-refractivity contribution >= 4 is 22.6 Å². The molecule has 0 saturated heterocycles. The van der Waals surface area contributed by atoms with Crippen LogP contribution < -0.4 is 4.74 Å². The third-order valence-corrected chi connectivity index (χ3v) is 3.50. The van der Waals surface area contributed by atoms with E-state index in [0.717, 1.165) is 11.1 Å². The maximum Gasteiger partial charge on any atom is 0.213 e. The van der Waals surface area contributed by atoms with Crippen LogP contribution in [0, 0.1) is 5.82 Å². The van der Waals surface area contributed by atoms with E-state index in [1.807, 2.05) is 16.7 Å². The SMILES string of the molecule is COc1cc(Cn2c(CCl)nc3cc(F)ccc32)ccn1. The van der Waals surface area contributed by atoms with Gasteiger partial charge in [0.1, 0.15) is 11.6 Å². The van der Waals surface area contributed by atoms with Gasteiger partial charge < -0.3 is 9.30 Å². The molecule has 0 fully saturated rings. The van der Waals surface area contributed by atoms with Crippen LogP contribution in [0.25, 0.3) is 11.0 Å². The van der Waals surface area contributed by atoms with Gasteiger partial charge in [0, 0.05) is 24.9 Å². The van der Waals surface area contributed by atoms with Crippen LogP contribution in [-0.2, 0) is 12.4 Å². The minimum atomic E-state index is -0.307. The van der Waals surface area contributed by atoms with Crippen molar-refractivity contribution in [2.45, 2.75) is 12.4 Å². The Morgan fingerprint density at radius 3 is 2.90 bits per heavy atom. The Kier molecular flexibility index (Phi) is 3.75. The molecule has 0 atom stereocenters. The molecule has 0 N–H and O–H groups in total. The molecule has 21 heavy (non-hydrogen) atoms. The monoisotopic (exact) mass is 305 g/mol. The first kappa shape index (κ1) is 13.8. The van der Waals surface area contributed by atoms with Crippen molar-refractivity contribution in [3.05, 3.63) is 53.7 Å². The van der Waals surface area contributed by atoms with Gasteiger partial charge in [0.15, 0.2) is 0 Å². The van der Waals surface area contributed by atoms with Gasteiger partial charge in [-0.05, 0) is 23.8 Å². The largest absolute Gasteiger partial charge is 0.481 e. The molecule has 108 valence electrons. The number of hydrogen-bond acceptors (Lipinski definition) is 3. The lowest BCUT2D eigenvalue weighted by molar-refractivity contribution is 0.397. The molecular weight excluding hydrogens is 293 g/mol. The number of rotatable bonds is 4. The molecule has 2 heterocycles. The van der Waals surface area contributed by atoms with Crippen molar-refractivity contribution in [1.82, 2.24) is 14.5 Å². The molecule has 0 unspecified atom stereocenters. The van der Waals surface area contributed by atoms with Crippen molar-refractivity contribution in [2.75, 3.05) is 7.11 Å². The van der Waals surface area contributed by atoms with E-state index in [2.05, 4.69) is 9.97 Å². The number of benzene rings is 1. The lowest BCUT2D eigenvalue weighted by Gasteiger charge is -2.08. The zero-order valence-corrected chi connectivity index (χ0v) is 12.1. The molecule has 1 aromatic carbocycles. The predicted molar refractivity (Wildman–Crippen MR) is 79.1 cm³/mol. The first-order valence-electron chi connectivity index (χ1n) is 6.41. The second-order valence-corrected chi connectivity index (χ2v) is 4.85. The van der Waals surface area contributed by atoms with E-state index in [-0.39, 0.29) is 11.7 Å². The van der Waals surface area contributed by atoms with Crippen LogP contribution in [0.5, 0.6) is 5.88 Å². The summed E-state index contributed by atoms with van der Waals surface area (Å²) in [6.45, 7) is 0.572. The number of methoxy groups -OCH3 is 1. The smallest absolute Gasteiger partial charge is 0.213 e. The molecule has 4 nitrogen and oxygen atoms in total. The molecule has 0 saturated carbocycles. The van der Waals surface area contributed by atoms with Gasteiger partial charge in [-0.25, -0.2) is 14.4 Å². The van der Waals surface area contributed by atoms with Crippen LogP contribution >= 0.6 is 11.6 Å². The number of imidazole rings is 1. The van der Waals surface area contributed by atoms with Crippen LogP contribution in [0.4, 0.5) is 4.39 Å². The third kappa shape index (κ3) is 2.69. The summed E-state index contributed by atoms with van der Waals surface area (Å²) in [6, 6.07) is 8.30. The zero-order chi connectivity index (χ0) is 14.8. The number of alkyl halides is 1. The Hall–Kier alpha value is -2.14. The van der Waals surface area contributed by atoms with E-state index in [1.54, 1.807) is 19.4 Å². The number of aromatic nitrogens is 3. The number of hydrogen-bond donors (Lipinski definition) is 0. The maximum atomic E-state index is 13.3. The molecule has 0 aliphatic rings. The second-order valence-electron chi connectivity index (χ2n) is 4.59. The molecule has 6 heteroatoms. The zero-order valence-electron chi connectivity index (χ0n) is 11.4. The van der Waals surface area contributed by atoms with Gasteiger partial charge in [-0.1, -0.05) is 0 Å². The van der Waals surface area contributed by atoms with Gasteiger partial charge in [-0.2, -0.15) is 0 Å². The Bertz CT molecular complexity index is 788. The highest BCUT2D eigenvalue weighted by Crippen LogP contribution is 2.21. The first-order valence-corrected chi connectivity index (χ1v) is 6.94. The minimum Gasteiger partial charge on any atom is -0.481 e. The van der Waals surface area contributed by atoms with Gasteiger partial charge in [0.2, 0.25) is 5.88 Å². The van der Waals surface area contributed by atoms with Gasteiger partial charge in [-0.15, -0.1) is 11.6 Å². The number of nitrogens with zero attached hydrogens (tertiary/aromatic N) is 3. The standard InChI is InChI=1S/C15H13ClFN3O/c1-21-15-6-10(4-5-18-15)9-20-13-3-2-11(17)7-12(13)19-14(20)8-16/h2-7H,8-9H2,1H3. The topological polar surface area (TPSA) is 39.9 Å². The normalized spacial score (nSPS) is 11.0. The van der Waals surface area contributed by atoms with Crippen LogP contribution in [0.15, 0.2) is 36.5 Å². The molecular formula is C15H13ClFN3O. The van der Waals surface area contributed by atoms with E-state index in [0.29, 0.717) is 23.8 Å². The van der Waals surface area contributed by atoms with Crippen molar-refractivity contribution < 1.29 is 9.13 Å². The van der Waals surface area contributed by atoms with E-state index in [9.17, 15) is 4.39 Å². The lowest BCUT2D eigenvalue weighted by Crippen LogP contribution is -2.04. The van der Waals surface area contributed by atoms with Gasteiger partial charge in [-0.3, -0.25) is 0 Å². The van der Waals surface area contributed by atoms with Crippen molar-refractivity contribution in [3.8, 4) is 5.88 Å². The quantitative estimate of drug-likeness (QED) is 0.694. The highest BCUT2D eigenvalue weighted by molar-refractivity contribution is 6.16. The van der Waals surface area contributed by atoms with Gasteiger partial charge >= 0.3 is 0 Å². The molecule has 0 amide bonds. The van der Waals surface area contributed by atoms with Crippen molar-refractivity contribution in [3.63, 3.8) is 0 Å². The van der Waals surface area contributed by atoms with Crippen molar-refractivity contribution in [1.29, 1.82) is 0 Å². The van der Waals surface area contributed by atoms with Crippen LogP contribution in [0.3, 0.4) is 0 Å². The Labute approximate surface area is 126 Å². The summed E-state index contributed by atoms with van der Waals surface area (Å²) in [5.74, 6) is 1.21. The van der Waals surface area contributed by atoms with E-state index >= 15 is 0 Å². The minimum absolute atomic E-state index is 0.262. The van der Waals surface area contributed by atoms with Crippen molar-refractivity contribution in [2.24, 2.45) is 0 Å². The van der Waals surface area contributed by atoms with Crippen LogP contribution in [-0.4, -0.2) is 21.6 Å². The summed E-state index contributed by atoms with van der Waals surface area (Å²) < 4.78 is 20.4. The molecule has 0 spiro atoms. The average Bonchev–Trinajstić information content (AvgIpc) is 2.84.